The number of unbranched alkanes of at least 4 members (excludes halogenated alkanes) is 3. The summed E-state index contributed by atoms with van der Waals surface area (Å²) >= 11 is 0. The van der Waals surface area contributed by atoms with E-state index in [1.165, 1.54) is 9.80 Å². The lowest BCUT2D eigenvalue weighted by atomic mass is 10.1. The number of rotatable bonds is 7. The number of amides is 4. The summed E-state index contributed by atoms with van der Waals surface area (Å²) in [6.07, 6.45) is 3.09. The number of urea groups is 2. The van der Waals surface area contributed by atoms with E-state index in [9.17, 15) is 19.8 Å². The van der Waals surface area contributed by atoms with Crippen molar-refractivity contribution in [1.29, 1.82) is 0 Å². The Labute approximate surface area is 179 Å². The lowest BCUT2D eigenvalue weighted by Crippen LogP contribution is -2.55. The van der Waals surface area contributed by atoms with Crippen LogP contribution in [-0.4, -0.2) is 81.4 Å². The number of nitrogens with zero attached hydrogens (tertiary/aromatic N) is 6. The molecule has 0 saturated heterocycles. The predicted molar refractivity (Wildman–Crippen MR) is 109 cm³/mol. The SMILES string of the molecule is CC(C)(C)N1C(=O)[N+](C)(CCCCCC[N+]2(C)N=C([O-])N(C(C)(C)C)C2=O)N=C1[O-]. The smallest absolute Gasteiger partial charge is 0.450 e. The molecule has 10 heteroatoms. The Hall–Kier alpha value is -2.20. The van der Waals surface area contributed by atoms with Gasteiger partial charge < -0.3 is 10.2 Å². The highest BCUT2D eigenvalue weighted by Gasteiger charge is 2.48. The van der Waals surface area contributed by atoms with Crippen molar-refractivity contribution in [2.75, 3.05) is 27.2 Å². The molecule has 0 aromatic carbocycles. The third-order valence-corrected chi connectivity index (χ3v) is 5.48. The summed E-state index contributed by atoms with van der Waals surface area (Å²) < 4.78 is -0.514. The number of hydrogen-bond acceptors (Lipinski definition) is 6. The zero-order chi connectivity index (χ0) is 23.1. The van der Waals surface area contributed by atoms with E-state index in [0.29, 0.717) is 13.1 Å². The van der Waals surface area contributed by atoms with Crippen LogP contribution in [0.4, 0.5) is 9.59 Å². The van der Waals surface area contributed by atoms with Gasteiger partial charge in [-0.05, 0) is 67.2 Å². The monoisotopic (exact) mass is 424 g/mol. The minimum Gasteiger partial charge on any atom is -0.842 e. The molecule has 0 bridgehead atoms. The molecule has 0 aromatic heterocycles. The number of carbonyl (C=O) groups excluding carboxylic acids is 2. The van der Waals surface area contributed by atoms with Crippen molar-refractivity contribution in [1.82, 2.24) is 9.80 Å². The molecule has 170 valence electrons. The lowest BCUT2D eigenvalue weighted by Gasteiger charge is -2.33. The molecule has 2 atom stereocenters. The standard InChI is InChI=1S/C20H36N6O4/c1-19(2,3)23-15(27)21-25(7,17(23)29)13-11-9-10-12-14-26(8)18(30)24(16(28)22-26)20(4,5)6/h9-14H2,1-8H3. The minimum atomic E-state index is -0.600. The molecule has 30 heavy (non-hydrogen) atoms. The van der Waals surface area contributed by atoms with Crippen LogP contribution in [-0.2, 0) is 0 Å². The van der Waals surface area contributed by atoms with Gasteiger partial charge in [-0.15, -0.1) is 9.18 Å². The maximum atomic E-state index is 12.7. The molecule has 0 N–H and O–H groups in total. The van der Waals surface area contributed by atoms with Gasteiger partial charge in [0.15, 0.2) is 0 Å². The summed E-state index contributed by atoms with van der Waals surface area (Å²) in [5.74, 6) is 0. The molecule has 0 radical (unpaired) electrons. The number of hydrogen-bond donors (Lipinski definition) is 0. The van der Waals surface area contributed by atoms with Gasteiger partial charge in [-0.1, -0.05) is 10.2 Å². The Morgan fingerprint density at radius 1 is 0.700 bits per heavy atom. The zero-order valence-electron chi connectivity index (χ0n) is 19.6. The molecule has 0 aromatic rings. The predicted octanol–water partition coefficient (Wildman–Crippen LogP) is 1.17. The van der Waals surface area contributed by atoms with Crippen LogP contribution in [0, 0.1) is 0 Å². The highest BCUT2D eigenvalue weighted by atomic mass is 16.3. The number of amidine groups is 2. The Balaban J connectivity index is 1.82. The summed E-state index contributed by atoms with van der Waals surface area (Å²) in [5, 5.41) is 32.5. The second-order valence-electron chi connectivity index (χ2n) is 10.5. The van der Waals surface area contributed by atoms with E-state index in [4.69, 9.17) is 0 Å². The Morgan fingerprint density at radius 2 is 1.00 bits per heavy atom. The Morgan fingerprint density at radius 3 is 1.23 bits per heavy atom. The topological polar surface area (TPSA) is 111 Å². The minimum absolute atomic E-state index is 0.257. The van der Waals surface area contributed by atoms with Crippen molar-refractivity contribution < 1.29 is 29.0 Å². The van der Waals surface area contributed by atoms with Crippen molar-refractivity contribution >= 4 is 24.1 Å². The van der Waals surface area contributed by atoms with Gasteiger partial charge in [0, 0.05) is 11.1 Å². The molecule has 2 aliphatic rings. The van der Waals surface area contributed by atoms with E-state index in [0.717, 1.165) is 25.7 Å². The van der Waals surface area contributed by atoms with Gasteiger partial charge in [-0.2, -0.15) is 0 Å². The van der Waals surface area contributed by atoms with Crippen LogP contribution in [0.5, 0.6) is 0 Å². The highest BCUT2D eigenvalue weighted by Crippen LogP contribution is 2.27. The van der Waals surface area contributed by atoms with E-state index >= 15 is 0 Å². The largest absolute Gasteiger partial charge is 0.842 e. The molecule has 0 saturated carbocycles. The maximum absolute atomic E-state index is 12.7. The van der Waals surface area contributed by atoms with Crippen molar-refractivity contribution in [3.63, 3.8) is 0 Å². The Bertz CT molecular complexity index is 702. The third-order valence-electron chi connectivity index (χ3n) is 5.48. The van der Waals surface area contributed by atoms with Crippen LogP contribution in [0.15, 0.2) is 10.2 Å². The van der Waals surface area contributed by atoms with Gasteiger partial charge in [0.05, 0.1) is 0 Å². The van der Waals surface area contributed by atoms with Gasteiger partial charge in [-0.25, -0.2) is 19.4 Å². The normalized spacial score (nSPS) is 27.7. The van der Waals surface area contributed by atoms with Crippen LogP contribution >= 0.6 is 0 Å². The van der Waals surface area contributed by atoms with Gasteiger partial charge >= 0.3 is 12.1 Å². The Kier molecular flexibility index (Phi) is 6.27. The average molecular weight is 425 g/mol. The summed E-state index contributed by atoms with van der Waals surface area (Å²) in [4.78, 5) is 27.8. The van der Waals surface area contributed by atoms with Crippen molar-refractivity contribution in [3.8, 4) is 0 Å². The van der Waals surface area contributed by atoms with E-state index in [1.807, 2.05) is 41.5 Å². The first kappa shape index (κ1) is 24.1. The van der Waals surface area contributed by atoms with E-state index in [2.05, 4.69) is 10.2 Å². The van der Waals surface area contributed by atoms with Crippen LogP contribution in [0.2, 0.25) is 0 Å². The fourth-order valence-electron chi connectivity index (χ4n) is 3.78. The molecule has 4 amide bonds. The van der Waals surface area contributed by atoms with Gasteiger partial charge in [0.25, 0.3) is 0 Å². The van der Waals surface area contributed by atoms with Crippen LogP contribution in [0.3, 0.4) is 0 Å². The van der Waals surface area contributed by atoms with E-state index in [-0.39, 0.29) is 21.2 Å². The molecule has 0 aliphatic carbocycles. The van der Waals surface area contributed by atoms with Crippen molar-refractivity contribution in [3.05, 3.63) is 0 Å². The molecular formula is C20H36N6O4. The average Bonchev–Trinajstić information content (AvgIpc) is 2.92. The van der Waals surface area contributed by atoms with Crippen molar-refractivity contribution in [2.24, 2.45) is 10.2 Å². The van der Waals surface area contributed by atoms with Crippen LogP contribution < -0.4 is 10.2 Å². The molecule has 10 nitrogen and oxygen atoms in total. The second-order valence-corrected chi connectivity index (χ2v) is 10.5. The molecular weight excluding hydrogens is 388 g/mol. The fraction of sp³-hybridized carbons (Fsp3) is 0.800. The van der Waals surface area contributed by atoms with Crippen LogP contribution in [0.1, 0.15) is 67.2 Å². The first-order chi connectivity index (χ1) is 13.5. The van der Waals surface area contributed by atoms with Crippen molar-refractivity contribution in [2.45, 2.75) is 78.3 Å². The summed E-state index contributed by atoms with van der Waals surface area (Å²) in [7, 11) is 3.32. The quantitative estimate of drug-likeness (QED) is 0.451. The third kappa shape index (κ3) is 4.59. The first-order valence-corrected chi connectivity index (χ1v) is 10.5. The lowest BCUT2D eigenvalue weighted by molar-refractivity contribution is -0.836. The summed E-state index contributed by atoms with van der Waals surface area (Å²) in [6, 6.07) is -1.58. The van der Waals surface area contributed by atoms with Crippen LogP contribution in [0.25, 0.3) is 0 Å². The molecule has 2 rings (SSSR count). The second kappa shape index (κ2) is 7.81. The van der Waals surface area contributed by atoms with E-state index in [1.54, 1.807) is 14.1 Å². The maximum Gasteiger partial charge on any atom is 0.450 e. The summed E-state index contributed by atoms with van der Waals surface area (Å²) in [5.41, 5.74) is -1.20. The molecule has 2 heterocycles. The zero-order valence-corrected chi connectivity index (χ0v) is 19.6. The highest BCUT2D eigenvalue weighted by molar-refractivity contribution is 5.92. The number of quaternary nitrogens is 2. The van der Waals surface area contributed by atoms with Gasteiger partial charge in [0.2, 0.25) is 0 Å². The molecule has 0 spiro atoms. The van der Waals surface area contributed by atoms with E-state index < -0.39 is 23.1 Å². The fourth-order valence-corrected chi connectivity index (χ4v) is 3.78. The number of carbonyl (C=O) groups is 2. The first-order valence-electron chi connectivity index (χ1n) is 10.5. The van der Waals surface area contributed by atoms with Gasteiger partial charge in [-0.3, -0.25) is 0 Å². The molecule has 2 aliphatic heterocycles. The van der Waals surface area contributed by atoms with Gasteiger partial charge in [0.1, 0.15) is 39.2 Å². The summed E-state index contributed by atoms with van der Waals surface area (Å²) in [6.45, 7) is 11.8. The molecule has 2 unspecified atom stereocenters. The molecule has 0 fully saturated rings.